The topological polar surface area (TPSA) is 90.2 Å². The molecule has 1 aliphatic carbocycles. The fraction of sp³-hybridized carbons (Fsp3) is 0.529. The number of nitrogens with one attached hydrogen (secondary N) is 1. The molecule has 0 atom stereocenters. The lowest BCUT2D eigenvalue weighted by Crippen LogP contribution is -2.37. The van der Waals surface area contributed by atoms with Crippen molar-refractivity contribution < 1.29 is 8.42 Å². The predicted octanol–water partition coefficient (Wildman–Crippen LogP) is 1.24. The van der Waals surface area contributed by atoms with Crippen LogP contribution in [0.3, 0.4) is 0 Å². The maximum absolute atomic E-state index is 12.7. The number of rotatable bonds is 3. The summed E-state index contributed by atoms with van der Waals surface area (Å²) in [5, 5.41) is 0.216. The average Bonchev–Trinajstić information content (AvgIpc) is 2.85. The van der Waals surface area contributed by atoms with E-state index in [4.69, 9.17) is 0 Å². The van der Waals surface area contributed by atoms with E-state index in [9.17, 15) is 18.0 Å². The quantitative estimate of drug-likeness (QED) is 0.829. The first-order chi connectivity index (χ1) is 11.8. The van der Waals surface area contributed by atoms with Gasteiger partial charge in [-0.15, -0.1) is 0 Å². The zero-order valence-corrected chi connectivity index (χ0v) is 15.3. The maximum Gasteiger partial charge on any atom is 0.330 e. The molecule has 1 aromatic carbocycles. The number of sulfonamides is 1. The van der Waals surface area contributed by atoms with Gasteiger partial charge in [0.25, 0.3) is 5.56 Å². The summed E-state index contributed by atoms with van der Waals surface area (Å²) in [5.41, 5.74) is -0.518. The number of aromatic nitrogens is 2. The van der Waals surface area contributed by atoms with E-state index < -0.39 is 21.3 Å². The number of hydrogen-bond acceptors (Lipinski definition) is 4. The summed E-state index contributed by atoms with van der Waals surface area (Å²) in [6, 6.07) is 4.25. The Morgan fingerprint density at radius 2 is 1.64 bits per heavy atom. The third-order valence-corrected chi connectivity index (χ3v) is 6.44. The predicted molar refractivity (Wildman–Crippen MR) is 96.2 cm³/mol. The van der Waals surface area contributed by atoms with Crippen LogP contribution < -0.4 is 16.0 Å². The Bertz CT molecular complexity index is 1010. The van der Waals surface area contributed by atoms with Crippen LogP contribution in [-0.4, -0.2) is 23.6 Å². The molecule has 0 amide bonds. The molecule has 0 bridgehead atoms. The van der Waals surface area contributed by atoms with Gasteiger partial charge in [0, 0.05) is 20.1 Å². The Labute approximate surface area is 146 Å². The van der Waals surface area contributed by atoms with Crippen LogP contribution in [0.4, 0.5) is 0 Å². The van der Waals surface area contributed by atoms with Crippen LogP contribution in [0.5, 0.6) is 0 Å². The van der Waals surface area contributed by atoms with Crippen molar-refractivity contribution in [1.82, 2.24) is 13.9 Å². The van der Waals surface area contributed by atoms with Crippen LogP contribution in [0.15, 0.2) is 32.7 Å². The van der Waals surface area contributed by atoms with Crippen molar-refractivity contribution >= 4 is 20.9 Å². The summed E-state index contributed by atoms with van der Waals surface area (Å²) in [7, 11) is -0.764. The van der Waals surface area contributed by atoms with Crippen LogP contribution in [0.2, 0.25) is 0 Å². The summed E-state index contributed by atoms with van der Waals surface area (Å²) in [6.07, 6.45) is 5.99. The van der Waals surface area contributed by atoms with Crippen LogP contribution >= 0.6 is 0 Å². The second-order valence-electron chi connectivity index (χ2n) is 6.69. The van der Waals surface area contributed by atoms with Crippen molar-refractivity contribution in [2.75, 3.05) is 0 Å². The largest absolute Gasteiger partial charge is 0.330 e. The monoisotopic (exact) mass is 365 g/mol. The van der Waals surface area contributed by atoms with E-state index in [0.717, 1.165) is 43.1 Å². The van der Waals surface area contributed by atoms with Gasteiger partial charge >= 0.3 is 5.69 Å². The molecule has 136 valence electrons. The maximum atomic E-state index is 12.7. The molecule has 1 N–H and O–H groups in total. The van der Waals surface area contributed by atoms with Crippen molar-refractivity contribution in [3.8, 4) is 0 Å². The molecule has 25 heavy (non-hydrogen) atoms. The van der Waals surface area contributed by atoms with E-state index >= 15 is 0 Å². The van der Waals surface area contributed by atoms with E-state index in [1.54, 1.807) is 7.05 Å². The molecular weight excluding hydrogens is 342 g/mol. The molecule has 0 spiro atoms. The molecular formula is C17H23N3O4S. The van der Waals surface area contributed by atoms with Crippen LogP contribution in [-0.2, 0) is 24.1 Å². The molecule has 0 saturated heterocycles. The lowest BCUT2D eigenvalue weighted by Gasteiger charge is -2.17. The minimum Gasteiger partial charge on any atom is -0.296 e. The van der Waals surface area contributed by atoms with E-state index in [1.165, 1.54) is 29.8 Å². The Hall–Kier alpha value is -1.93. The second kappa shape index (κ2) is 6.76. The van der Waals surface area contributed by atoms with E-state index in [2.05, 4.69) is 4.72 Å². The van der Waals surface area contributed by atoms with Crippen LogP contribution in [0.1, 0.15) is 38.5 Å². The lowest BCUT2D eigenvalue weighted by molar-refractivity contribution is 0.510. The molecule has 7 nitrogen and oxygen atoms in total. The summed E-state index contributed by atoms with van der Waals surface area (Å²) < 4.78 is 30.5. The molecule has 1 fully saturated rings. The van der Waals surface area contributed by atoms with Gasteiger partial charge < -0.3 is 0 Å². The average molecular weight is 365 g/mol. The van der Waals surface area contributed by atoms with Crippen molar-refractivity contribution in [3.63, 3.8) is 0 Å². The zero-order chi connectivity index (χ0) is 18.2. The minimum absolute atomic E-state index is 0.0556. The second-order valence-corrected chi connectivity index (χ2v) is 8.41. The molecule has 2 aromatic rings. The first kappa shape index (κ1) is 17.9. The molecule has 0 unspecified atom stereocenters. The third kappa shape index (κ3) is 3.41. The van der Waals surface area contributed by atoms with Gasteiger partial charge in [-0.3, -0.25) is 13.9 Å². The highest BCUT2D eigenvalue weighted by Gasteiger charge is 2.22. The number of aryl methyl sites for hydroxylation is 1. The SMILES string of the molecule is Cn1c(=O)c2cc(S(=O)(=O)NC3CCCCCC3)ccc2n(C)c1=O. The lowest BCUT2D eigenvalue weighted by atomic mass is 10.1. The van der Waals surface area contributed by atoms with Gasteiger partial charge in [-0.05, 0) is 31.0 Å². The third-order valence-electron chi connectivity index (χ3n) is 4.93. The van der Waals surface area contributed by atoms with Gasteiger partial charge in [-0.2, -0.15) is 0 Å². The highest BCUT2D eigenvalue weighted by atomic mass is 32.2. The van der Waals surface area contributed by atoms with Gasteiger partial charge in [0.2, 0.25) is 10.0 Å². The van der Waals surface area contributed by atoms with Gasteiger partial charge in [-0.1, -0.05) is 25.7 Å². The fourth-order valence-electron chi connectivity index (χ4n) is 3.43. The molecule has 1 aliphatic rings. The van der Waals surface area contributed by atoms with Crippen LogP contribution in [0, 0.1) is 0 Å². The fourth-order valence-corrected chi connectivity index (χ4v) is 4.76. The molecule has 1 aromatic heterocycles. The summed E-state index contributed by atoms with van der Waals surface area (Å²) in [4.78, 5) is 24.4. The van der Waals surface area contributed by atoms with Crippen molar-refractivity contribution in [2.45, 2.75) is 49.5 Å². The van der Waals surface area contributed by atoms with Gasteiger partial charge in [0.05, 0.1) is 15.8 Å². The Balaban J connectivity index is 2.03. The molecule has 0 aliphatic heterocycles. The van der Waals surface area contributed by atoms with Gasteiger partial charge in [-0.25, -0.2) is 17.9 Å². The molecule has 3 rings (SSSR count). The van der Waals surface area contributed by atoms with E-state index in [1.807, 2.05) is 0 Å². The summed E-state index contributed by atoms with van der Waals surface area (Å²) in [6.45, 7) is 0. The highest BCUT2D eigenvalue weighted by molar-refractivity contribution is 7.89. The zero-order valence-electron chi connectivity index (χ0n) is 14.5. The first-order valence-electron chi connectivity index (χ1n) is 8.53. The standard InChI is InChI=1S/C17H23N3O4S/c1-19-15-10-9-13(11-14(15)16(21)20(2)17(19)22)25(23,24)18-12-7-5-3-4-6-8-12/h9-12,18H,3-8H2,1-2H3. The number of hydrogen-bond donors (Lipinski definition) is 1. The Morgan fingerprint density at radius 3 is 2.28 bits per heavy atom. The number of fused-ring (bicyclic) bond motifs is 1. The minimum atomic E-state index is -3.71. The van der Waals surface area contributed by atoms with Gasteiger partial charge in [0.15, 0.2) is 0 Å². The molecule has 0 radical (unpaired) electrons. The smallest absolute Gasteiger partial charge is 0.296 e. The summed E-state index contributed by atoms with van der Waals surface area (Å²) >= 11 is 0. The summed E-state index contributed by atoms with van der Waals surface area (Å²) in [5.74, 6) is 0. The Kier molecular flexibility index (Phi) is 4.83. The van der Waals surface area contributed by atoms with E-state index in [-0.39, 0.29) is 16.3 Å². The van der Waals surface area contributed by atoms with Crippen molar-refractivity contribution in [2.24, 2.45) is 14.1 Å². The van der Waals surface area contributed by atoms with Crippen molar-refractivity contribution in [3.05, 3.63) is 39.0 Å². The normalized spacial score (nSPS) is 16.9. The molecule has 1 heterocycles. The number of benzene rings is 1. The van der Waals surface area contributed by atoms with Gasteiger partial charge in [0.1, 0.15) is 0 Å². The van der Waals surface area contributed by atoms with Crippen molar-refractivity contribution in [1.29, 1.82) is 0 Å². The molecule has 1 saturated carbocycles. The highest BCUT2D eigenvalue weighted by Crippen LogP contribution is 2.21. The first-order valence-corrected chi connectivity index (χ1v) is 10.0. The molecule has 8 heteroatoms. The van der Waals surface area contributed by atoms with Crippen LogP contribution in [0.25, 0.3) is 10.9 Å². The van der Waals surface area contributed by atoms with E-state index in [0.29, 0.717) is 5.52 Å². The number of nitrogens with zero attached hydrogens (tertiary/aromatic N) is 2. The Morgan fingerprint density at radius 1 is 1.00 bits per heavy atom.